The van der Waals surface area contributed by atoms with E-state index in [9.17, 15) is 15.0 Å². The molecule has 1 fully saturated rings. The normalized spacial score (nSPS) is 18.8. The van der Waals surface area contributed by atoms with Gasteiger partial charge >= 0.3 is 5.63 Å². The number of hydrogen-bond acceptors (Lipinski definition) is 6. The Kier molecular flexibility index (Phi) is 2.82. The van der Waals surface area contributed by atoms with Crippen molar-refractivity contribution in [2.24, 2.45) is 0 Å². The minimum absolute atomic E-state index is 0.0321. The number of epoxide rings is 1. The number of hydrogen-bond donors (Lipinski definition) is 2. The number of phenols is 2. The maximum absolute atomic E-state index is 12.4. The van der Waals surface area contributed by atoms with Gasteiger partial charge in [-0.3, -0.25) is 0 Å². The van der Waals surface area contributed by atoms with Crippen molar-refractivity contribution in [2.75, 3.05) is 0 Å². The van der Waals surface area contributed by atoms with E-state index in [-0.39, 0.29) is 28.8 Å². The summed E-state index contributed by atoms with van der Waals surface area (Å²) in [4.78, 5) is 12.4. The van der Waals surface area contributed by atoms with E-state index >= 15 is 0 Å². The number of fused-ring (bicyclic) bond motifs is 5. The highest BCUT2D eigenvalue weighted by Crippen LogP contribution is 2.41. The van der Waals surface area contributed by atoms with E-state index < -0.39 is 5.63 Å². The van der Waals surface area contributed by atoms with Crippen LogP contribution in [0, 0.1) is 0 Å². The van der Waals surface area contributed by atoms with Crippen LogP contribution >= 0.6 is 0 Å². The Morgan fingerprint density at radius 2 is 1.77 bits per heavy atom. The van der Waals surface area contributed by atoms with Gasteiger partial charge in [-0.15, -0.1) is 0 Å². The molecule has 26 heavy (non-hydrogen) atoms. The van der Waals surface area contributed by atoms with Gasteiger partial charge in [0.05, 0.1) is 17.1 Å². The molecule has 0 amide bonds. The Labute approximate surface area is 147 Å². The zero-order valence-electron chi connectivity index (χ0n) is 14.2. The summed E-state index contributed by atoms with van der Waals surface area (Å²) in [6.45, 7) is 4.00. The second-order valence-corrected chi connectivity index (χ2v) is 7.27. The highest BCUT2D eigenvalue weighted by Gasteiger charge is 2.47. The smallest absolute Gasteiger partial charge is 0.348 e. The third-order valence-corrected chi connectivity index (χ3v) is 5.08. The summed E-state index contributed by atoms with van der Waals surface area (Å²) in [5.74, 6) is 0.108. The van der Waals surface area contributed by atoms with Crippen LogP contribution in [0.2, 0.25) is 0 Å². The number of phenolic OH excluding ortho intramolecular Hbond substituents is 2. The first-order chi connectivity index (χ1) is 12.3. The Hall–Kier alpha value is -2.99. The molecule has 6 heteroatoms. The van der Waals surface area contributed by atoms with E-state index in [1.807, 2.05) is 13.8 Å². The maximum Gasteiger partial charge on any atom is 0.348 e. The summed E-state index contributed by atoms with van der Waals surface area (Å²) in [5.41, 5.74) is 0.997. The molecule has 132 valence electrons. The molecule has 1 aliphatic heterocycles. The zero-order chi connectivity index (χ0) is 18.2. The van der Waals surface area contributed by atoms with Crippen LogP contribution in [-0.2, 0) is 11.2 Å². The third kappa shape index (κ3) is 2.12. The van der Waals surface area contributed by atoms with Gasteiger partial charge in [-0.2, -0.15) is 0 Å². The van der Waals surface area contributed by atoms with Crippen molar-refractivity contribution in [1.29, 1.82) is 0 Å². The van der Waals surface area contributed by atoms with E-state index in [0.29, 0.717) is 39.3 Å². The molecular weight excluding hydrogens is 336 g/mol. The standard InChI is InChI=1S/C20H16O6/c1-20(2)16(26-20)6-9-5-12-15(8-13(9)22)25-19(23)17-11-4-3-10(21)7-14(11)24-18(12)17/h3-5,7-8,16,21-22H,6H2,1-2H3/t16-/m0/s1. The Balaban J connectivity index is 1.80. The average Bonchev–Trinajstić information content (AvgIpc) is 2.99. The maximum atomic E-state index is 12.4. The molecule has 3 heterocycles. The van der Waals surface area contributed by atoms with Gasteiger partial charge in [-0.25, -0.2) is 4.79 Å². The molecule has 0 aliphatic carbocycles. The molecule has 0 bridgehead atoms. The van der Waals surface area contributed by atoms with E-state index in [2.05, 4.69) is 0 Å². The lowest BCUT2D eigenvalue weighted by Crippen LogP contribution is -2.06. The van der Waals surface area contributed by atoms with Crippen LogP contribution in [0.15, 0.2) is 44.0 Å². The second kappa shape index (κ2) is 4.80. The van der Waals surface area contributed by atoms with Gasteiger partial charge in [0.15, 0.2) is 5.58 Å². The first kappa shape index (κ1) is 15.3. The number of aromatic hydroxyl groups is 2. The van der Waals surface area contributed by atoms with Gasteiger partial charge in [0, 0.05) is 23.9 Å². The van der Waals surface area contributed by atoms with Gasteiger partial charge in [0.2, 0.25) is 0 Å². The zero-order valence-corrected chi connectivity index (χ0v) is 14.2. The van der Waals surface area contributed by atoms with E-state index in [0.717, 1.165) is 0 Å². The summed E-state index contributed by atoms with van der Waals surface area (Å²) in [7, 11) is 0. The first-order valence-electron chi connectivity index (χ1n) is 8.35. The molecule has 2 aromatic carbocycles. The van der Waals surface area contributed by atoms with Crippen LogP contribution in [0.4, 0.5) is 0 Å². The van der Waals surface area contributed by atoms with Crippen molar-refractivity contribution >= 4 is 32.9 Å². The molecule has 2 N–H and O–H groups in total. The summed E-state index contributed by atoms with van der Waals surface area (Å²) in [6, 6.07) is 7.79. The lowest BCUT2D eigenvalue weighted by molar-refractivity contribution is 0.322. The number of rotatable bonds is 2. The van der Waals surface area contributed by atoms with Gasteiger partial charge in [-0.05, 0) is 37.6 Å². The second-order valence-electron chi connectivity index (χ2n) is 7.27. The van der Waals surface area contributed by atoms with Crippen molar-refractivity contribution in [1.82, 2.24) is 0 Å². The van der Waals surface area contributed by atoms with Crippen molar-refractivity contribution in [3.8, 4) is 11.5 Å². The van der Waals surface area contributed by atoms with Crippen LogP contribution in [0.1, 0.15) is 19.4 Å². The lowest BCUT2D eigenvalue weighted by atomic mass is 10.00. The molecule has 0 unspecified atom stereocenters. The Morgan fingerprint density at radius 1 is 1.04 bits per heavy atom. The topological polar surface area (TPSA) is 96.3 Å². The molecule has 2 aromatic heterocycles. The van der Waals surface area contributed by atoms with Crippen LogP contribution in [0.5, 0.6) is 11.5 Å². The molecule has 0 saturated carbocycles. The summed E-state index contributed by atoms with van der Waals surface area (Å²) < 4.78 is 16.9. The van der Waals surface area contributed by atoms with Crippen LogP contribution in [0.25, 0.3) is 32.9 Å². The quantitative estimate of drug-likeness (QED) is 0.420. The first-order valence-corrected chi connectivity index (χ1v) is 8.35. The fraction of sp³-hybridized carbons (Fsp3) is 0.250. The van der Waals surface area contributed by atoms with Crippen molar-refractivity contribution < 1.29 is 23.8 Å². The number of ether oxygens (including phenoxy) is 1. The van der Waals surface area contributed by atoms with Gasteiger partial charge in [0.25, 0.3) is 0 Å². The SMILES string of the molecule is CC1(C)O[C@H]1Cc1cc2c(cc1O)oc(=O)c1c3ccc(O)cc3oc21. The third-order valence-electron chi connectivity index (χ3n) is 5.08. The highest BCUT2D eigenvalue weighted by atomic mass is 16.6. The largest absolute Gasteiger partial charge is 0.508 e. The van der Waals surface area contributed by atoms with Crippen molar-refractivity contribution in [3.63, 3.8) is 0 Å². The van der Waals surface area contributed by atoms with Crippen molar-refractivity contribution in [2.45, 2.75) is 32.0 Å². The molecule has 0 spiro atoms. The lowest BCUT2D eigenvalue weighted by Gasteiger charge is -2.06. The number of benzene rings is 2. The average molecular weight is 352 g/mol. The predicted octanol–water partition coefficient (Wildman–Crippen LogP) is 3.82. The summed E-state index contributed by atoms with van der Waals surface area (Å²) in [6.07, 6.45) is 0.584. The summed E-state index contributed by atoms with van der Waals surface area (Å²) >= 11 is 0. The number of furan rings is 1. The van der Waals surface area contributed by atoms with E-state index in [1.165, 1.54) is 18.2 Å². The molecule has 5 rings (SSSR count). The van der Waals surface area contributed by atoms with Crippen LogP contribution < -0.4 is 5.63 Å². The highest BCUT2D eigenvalue weighted by molar-refractivity contribution is 6.13. The van der Waals surface area contributed by atoms with E-state index in [1.54, 1.807) is 12.1 Å². The molecule has 4 aromatic rings. The molecule has 1 saturated heterocycles. The molecule has 1 atom stereocenters. The monoisotopic (exact) mass is 352 g/mol. The minimum Gasteiger partial charge on any atom is -0.508 e. The fourth-order valence-electron chi connectivity index (χ4n) is 3.49. The Morgan fingerprint density at radius 3 is 2.50 bits per heavy atom. The van der Waals surface area contributed by atoms with E-state index in [4.69, 9.17) is 13.6 Å². The van der Waals surface area contributed by atoms with Gasteiger partial charge < -0.3 is 23.8 Å². The van der Waals surface area contributed by atoms with Gasteiger partial charge in [0.1, 0.15) is 28.1 Å². The van der Waals surface area contributed by atoms with Crippen LogP contribution in [-0.4, -0.2) is 21.9 Å². The van der Waals surface area contributed by atoms with Gasteiger partial charge in [-0.1, -0.05) is 0 Å². The van der Waals surface area contributed by atoms with Crippen LogP contribution in [0.3, 0.4) is 0 Å². The minimum atomic E-state index is -0.546. The van der Waals surface area contributed by atoms with Crippen molar-refractivity contribution in [3.05, 3.63) is 46.3 Å². The fourth-order valence-corrected chi connectivity index (χ4v) is 3.49. The molecule has 1 aliphatic rings. The molecule has 6 nitrogen and oxygen atoms in total. The predicted molar refractivity (Wildman–Crippen MR) is 95.7 cm³/mol. The molecule has 0 radical (unpaired) electrons. The summed E-state index contributed by atoms with van der Waals surface area (Å²) in [5, 5.41) is 21.5. The molecular formula is C20H16O6. The Bertz CT molecular complexity index is 1260.